The van der Waals surface area contributed by atoms with Crippen molar-refractivity contribution in [2.24, 2.45) is 5.73 Å². The molecule has 1 saturated heterocycles. The first-order valence-electron chi connectivity index (χ1n) is 4.40. The third kappa shape index (κ3) is 3.65. The van der Waals surface area contributed by atoms with Gasteiger partial charge < -0.3 is 10.5 Å². The molecule has 0 aromatic rings. The van der Waals surface area contributed by atoms with Crippen LogP contribution in [0.3, 0.4) is 0 Å². The summed E-state index contributed by atoms with van der Waals surface area (Å²) in [6.45, 7) is 2.72. The van der Waals surface area contributed by atoms with E-state index < -0.39 is 10.8 Å². The molecule has 0 aliphatic carbocycles. The highest BCUT2D eigenvalue weighted by molar-refractivity contribution is 7.85. The van der Waals surface area contributed by atoms with E-state index in [9.17, 15) is 4.21 Å². The molecule has 0 bridgehead atoms. The summed E-state index contributed by atoms with van der Waals surface area (Å²) < 4.78 is 16.7. The van der Waals surface area contributed by atoms with E-state index in [1.165, 1.54) is 0 Å². The quantitative estimate of drug-likeness (QED) is 0.693. The highest BCUT2D eigenvalue weighted by Crippen LogP contribution is 2.12. The van der Waals surface area contributed by atoms with Crippen molar-refractivity contribution < 1.29 is 8.95 Å². The Morgan fingerprint density at radius 3 is 3.00 bits per heavy atom. The monoisotopic (exact) mass is 191 g/mol. The van der Waals surface area contributed by atoms with Crippen molar-refractivity contribution in [1.29, 1.82) is 0 Å². The first-order valence-corrected chi connectivity index (χ1v) is 5.89. The van der Waals surface area contributed by atoms with Gasteiger partial charge in [-0.2, -0.15) is 0 Å². The molecule has 3 nitrogen and oxygen atoms in total. The van der Waals surface area contributed by atoms with Crippen LogP contribution in [0.15, 0.2) is 0 Å². The van der Waals surface area contributed by atoms with Gasteiger partial charge in [-0.1, -0.05) is 0 Å². The molecule has 0 aromatic carbocycles. The molecule has 0 saturated carbocycles. The van der Waals surface area contributed by atoms with Crippen molar-refractivity contribution in [2.45, 2.75) is 31.9 Å². The van der Waals surface area contributed by atoms with Crippen LogP contribution in [-0.4, -0.2) is 34.5 Å². The van der Waals surface area contributed by atoms with E-state index in [0.29, 0.717) is 11.5 Å². The summed E-state index contributed by atoms with van der Waals surface area (Å²) >= 11 is 0. The summed E-state index contributed by atoms with van der Waals surface area (Å²) in [4.78, 5) is 0. The van der Waals surface area contributed by atoms with Gasteiger partial charge in [0.05, 0.1) is 6.10 Å². The van der Waals surface area contributed by atoms with Gasteiger partial charge in [0.1, 0.15) is 0 Å². The Kier molecular flexibility index (Phi) is 4.18. The van der Waals surface area contributed by atoms with Gasteiger partial charge >= 0.3 is 0 Å². The average molecular weight is 191 g/mol. The van der Waals surface area contributed by atoms with Crippen LogP contribution < -0.4 is 5.73 Å². The highest BCUT2D eigenvalue weighted by Gasteiger charge is 2.18. The van der Waals surface area contributed by atoms with E-state index in [2.05, 4.69) is 0 Å². The standard InChI is InChI=1S/C8H17NO2S/c1-7(9)5-12(10)6-8-3-2-4-11-8/h7-8H,2-6,9H2,1H3. The minimum Gasteiger partial charge on any atom is -0.377 e. The molecular weight excluding hydrogens is 174 g/mol. The number of nitrogens with two attached hydrogens (primary N) is 1. The van der Waals surface area contributed by atoms with Crippen LogP contribution in [-0.2, 0) is 15.5 Å². The second kappa shape index (κ2) is 4.94. The first kappa shape index (κ1) is 10.2. The molecule has 4 heteroatoms. The zero-order chi connectivity index (χ0) is 8.97. The summed E-state index contributed by atoms with van der Waals surface area (Å²) in [6, 6.07) is 0.0345. The summed E-state index contributed by atoms with van der Waals surface area (Å²) in [5.41, 5.74) is 5.53. The lowest BCUT2D eigenvalue weighted by molar-refractivity contribution is 0.128. The van der Waals surface area contributed by atoms with Crippen LogP contribution >= 0.6 is 0 Å². The molecule has 72 valence electrons. The molecule has 1 aliphatic rings. The van der Waals surface area contributed by atoms with E-state index in [0.717, 1.165) is 19.4 Å². The average Bonchev–Trinajstić information content (AvgIpc) is 2.37. The fourth-order valence-electron chi connectivity index (χ4n) is 1.34. The molecule has 12 heavy (non-hydrogen) atoms. The Morgan fingerprint density at radius 1 is 1.75 bits per heavy atom. The molecule has 3 atom stereocenters. The second-order valence-corrected chi connectivity index (χ2v) is 4.93. The fraction of sp³-hybridized carbons (Fsp3) is 1.00. The maximum Gasteiger partial charge on any atom is 0.0691 e. The van der Waals surface area contributed by atoms with E-state index >= 15 is 0 Å². The lowest BCUT2D eigenvalue weighted by Gasteiger charge is -2.09. The highest BCUT2D eigenvalue weighted by atomic mass is 32.2. The number of hydrogen-bond donors (Lipinski definition) is 1. The van der Waals surface area contributed by atoms with E-state index in [-0.39, 0.29) is 12.1 Å². The molecular formula is C8H17NO2S. The van der Waals surface area contributed by atoms with Crippen LogP contribution in [0, 0.1) is 0 Å². The van der Waals surface area contributed by atoms with Gasteiger partial charge in [-0.15, -0.1) is 0 Å². The normalized spacial score (nSPS) is 28.7. The molecule has 2 N–H and O–H groups in total. The summed E-state index contributed by atoms with van der Waals surface area (Å²) in [5.74, 6) is 1.27. The molecule has 0 radical (unpaired) electrons. The molecule has 0 spiro atoms. The first-order chi connectivity index (χ1) is 5.68. The van der Waals surface area contributed by atoms with E-state index in [1.807, 2.05) is 6.92 Å². The zero-order valence-electron chi connectivity index (χ0n) is 7.49. The van der Waals surface area contributed by atoms with E-state index in [1.54, 1.807) is 0 Å². The molecule has 3 unspecified atom stereocenters. The van der Waals surface area contributed by atoms with Gasteiger partial charge in [0.15, 0.2) is 0 Å². The minimum atomic E-state index is -0.790. The zero-order valence-corrected chi connectivity index (χ0v) is 8.31. The van der Waals surface area contributed by atoms with Crippen LogP contribution in [0.4, 0.5) is 0 Å². The lowest BCUT2D eigenvalue weighted by Crippen LogP contribution is -2.27. The molecule has 1 aliphatic heterocycles. The number of hydrogen-bond acceptors (Lipinski definition) is 3. The SMILES string of the molecule is CC(N)CS(=O)CC1CCCO1. The van der Waals surface area contributed by atoms with Crippen LogP contribution in [0.1, 0.15) is 19.8 Å². The molecule has 1 heterocycles. The molecule has 0 aromatic heterocycles. The second-order valence-electron chi connectivity index (χ2n) is 3.39. The van der Waals surface area contributed by atoms with Crippen molar-refractivity contribution in [3.63, 3.8) is 0 Å². The van der Waals surface area contributed by atoms with Crippen molar-refractivity contribution in [3.8, 4) is 0 Å². The summed E-state index contributed by atoms with van der Waals surface area (Å²) in [7, 11) is -0.790. The molecule has 0 amide bonds. The predicted octanol–water partition coefficient (Wildman–Crippen LogP) is 0.261. The predicted molar refractivity (Wildman–Crippen MR) is 50.5 cm³/mol. The smallest absolute Gasteiger partial charge is 0.0691 e. The minimum absolute atomic E-state index is 0.0345. The topological polar surface area (TPSA) is 52.3 Å². The Labute approximate surface area is 76.1 Å². The Balaban J connectivity index is 2.16. The molecule has 1 rings (SSSR count). The van der Waals surface area contributed by atoms with Gasteiger partial charge in [-0.25, -0.2) is 0 Å². The largest absolute Gasteiger partial charge is 0.377 e. The van der Waals surface area contributed by atoms with Crippen molar-refractivity contribution in [1.82, 2.24) is 0 Å². The van der Waals surface area contributed by atoms with Crippen molar-refractivity contribution >= 4 is 10.8 Å². The maximum atomic E-state index is 11.4. The van der Waals surface area contributed by atoms with Gasteiger partial charge in [-0.05, 0) is 19.8 Å². The van der Waals surface area contributed by atoms with Crippen LogP contribution in [0.25, 0.3) is 0 Å². The Morgan fingerprint density at radius 2 is 2.50 bits per heavy atom. The van der Waals surface area contributed by atoms with Gasteiger partial charge in [0.2, 0.25) is 0 Å². The summed E-state index contributed by atoms with van der Waals surface area (Å²) in [6.07, 6.45) is 2.40. The molecule has 1 fully saturated rings. The van der Waals surface area contributed by atoms with E-state index in [4.69, 9.17) is 10.5 Å². The lowest BCUT2D eigenvalue weighted by atomic mass is 10.3. The third-order valence-electron chi connectivity index (χ3n) is 1.84. The van der Waals surface area contributed by atoms with Gasteiger partial charge in [0.25, 0.3) is 0 Å². The number of ether oxygens (including phenoxy) is 1. The summed E-state index contributed by atoms with van der Waals surface area (Å²) in [5, 5.41) is 0. The fourth-order valence-corrected chi connectivity index (χ4v) is 2.74. The van der Waals surface area contributed by atoms with Gasteiger partial charge in [0, 0.05) is 35.0 Å². The third-order valence-corrected chi connectivity index (χ3v) is 3.49. The van der Waals surface area contributed by atoms with Crippen LogP contribution in [0.2, 0.25) is 0 Å². The Bertz CT molecular complexity index is 155. The number of rotatable bonds is 4. The Hall–Kier alpha value is 0.0700. The van der Waals surface area contributed by atoms with Crippen molar-refractivity contribution in [3.05, 3.63) is 0 Å². The van der Waals surface area contributed by atoms with Gasteiger partial charge in [-0.3, -0.25) is 4.21 Å². The van der Waals surface area contributed by atoms with Crippen molar-refractivity contribution in [2.75, 3.05) is 18.1 Å². The maximum absolute atomic E-state index is 11.4. The van der Waals surface area contributed by atoms with Crippen LogP contribution in [0.5, 0.6) is 0 Å².